The Hall–Kier alpha value is -1.22. The summed E-state index contributed by atoms with van der Waals surface area (Å²) in [6, 6.07) is 3.95. The van der Waals surface area contributed by atoms with E-state index in [1.807, 2.05) is 6.07 Å². The lowest BCUT2D eigenvalue weighted by atomic mass is 9.48. The van der Waals surface area contributed by atoms with Gasteiger partial charge in [0, 0.05) is 18.1 Å². The monoisotopic (exact) mass is 286 g/mol. The summed E-state index contributed by atoms with van der Waals surface area (Å²) in [6.07, 6.45) is 7.61. The molecular formula is C18H22O3. The maximum Gasteiger partial charge on any atom is 0.165 e. The summed E-state index contributed by atoms with van der Waals surface area (Å²) in [7, 11) is 1.80. The molecule has 0 saturated heterocycles. The normalized spacial score (nSPS) is 42.3. The number of hydrogen-bond acceptors (Lipinski definition) is 3. The van der Waals surface area contributed by atoms with Crippen LogP contribution in [0.3, 0.4) is 0 Å². The number of benzene rings is 1. The molecule has 1 aromatic rings. The van der Waals surface area contributed by atoms with Gasteiger partial charge >= 0.3 is 0 Å². The van der Waals surface area contributed by atoms with E-state index in [0.29, 0.717) is 5.75 Å². The highest BCUT2D eigenvalue weighted by Crippen LogP contribution is 2.65. The summed E-state index contributed by atoms with van der Waals surface area (Å²) in [4.78, 5) is 0. The largest absolute Gasteiger partial charge is 0.504 e. The van der Waals surface area contributed by atoms with Crippen molar-refractivity contribution < 1.29 is 14.6 Å². The Morgan fingerprint density at radius 1 is 1.29 bits per heavy atom. The Labute approximate surface area is 125 Å². The average molecular weight is 286 g/mol. The summed E-state index contributed by atoms with van der Waals surface area (Å²) in [6.45, 7) is 0. The molecule has 2 saturated carbocycles. The molecule has 3 nitrogen and oxygen atoms in total. The van der Waals surface area contributed by atoms with Crippen LogP contribution in [0.1, 0.15) is 43.2 Å². The third-order valence-corrected chi connectivity index (χ3v) is 6.72. The first kappa shape index (κ1) is 12.3. The van der Waals surface area contributed by atoms with Crippen LogP contribution in [0.5, 0.6) is 11.5 Å². The highest BCUT2D eigenvalue weighted by Gasteiger charge is 2.64. The molecule has 2 fully saturated rings. The summed E-state index contributed by atoms with van der Waals surface area (Å²) in [5.41, 5.74) is 2.88. The van der Waals surface area contributed by atoms with Crippen LogP contribution in [0, 0.1) is 11.8 Å². The Balaban J connectivity index is 1.79. The maximum absolute atomic E-state index is 10.3. The van der Waals surface area contributed by atoms with Crippen molar-refractivity contribution in [3.05, 3.63) is 23.3 Å². The van der Waals surface area contributed by atoms with Gasteiger partial charge in [-0.2, -0.15) is 0 Å². The van der Waals surface area contributed by atoms with E-state index in [9.17, 15) is 5.11 Å². The fraction of sp³-hybridized carbons (Fsp3) is 0.667. The van der Waals surface area contributed by atoms with Crippen molar-refractivity contribution in [2.45, 2.75) is 56.1 Å². The molecule has 5 rings (SSSR count). The van der Waals surface area contributed by atoms with E-state index in [1.54, 1.807) is 7.11 Å². The molecule has 0 aromatic heterocycles. The third-order valence-electron chi connectivity index (χ3n) is 6.72. The van der Waals surface area contributed by atoms with E-state index >= 15 is 0 Å². The molecule has 112 valence electrons. The SMILES string of the molecule is CO[C@@H]1CC[C@H]2[C@@H]3CCC[C@@]24c2c(ccc(O)c2O[C@@H]14)C3. The molecule has 4 aliphatic rings. The van der Waals surface area contributed by atoms with Crippen molar-refractivity contribution in [3.8, 4) is 11.5 Å². The molecule has 5 atom stereocenters. The quantitative estimate of drug-likeness (QED) is 0.862. The lowest BCUT2D eigenvalue weighted by Gasteiger charge is -2.56. The lowest BCUT2D eigenvalue weighted by molar-refractivity contribution is -0.100. The smallest absolute Gasteiger partial charge is 0.165 e. The molecule has 3 aliphatic carbocycles. The molecule has 1 aliphatic heterocycles. The fourth-order valence-electron chi connectivity index (χ4n) is 6.08. The minimum Gasteiger partial charge on any atom is -0.504 e. The van der Waals surface area contributed by atoms with Crippen LogP contribution < -0.4 is 4.74 Å². The Kier molecular flexibility index (Phi) is 2.32. The van der Waals surface area contributed by atoms with Crippen molar-refractivity contribution >= 4 is 0 Å². The maximum atomic E-state index is 10.3. The summed E-state index contributed by atoms with van der Waals surface area (Å²) in [5.74, 6) is 2.60. The molecule has 3 heteroatoms. The second-order valence-electron chi connectivity index (χ2n) is 7.34. The third kappa shape index (κ3) is 1.30. The predicted molar refractivity (Wildman–Crippen MR) is 78.8 cm³/mol. The van der Waals surface area contributed by atoms with Gasteiger partial charge in [0.15, 0.2) is 11.5 Å². The summed E-state index contributed by atoms with van der Waals surface area (Å²) >= 11 is 0. The second-order valence-corrected chi connectivity index (χ2v) is 7.34. The van der Waals surface area contributed by atoms with Crippen LogP contribution in [-0.2, 0) is 16.6 Å². The van der Waals surface area contributed by atoms with Crippen LogP contribution in [0.25, 0.3) is 0 Å². The highest BCUT2D eigenvalue weighted by molar-refractivity contribution is 5.60. The second kappa shape index (κ2) is 3.95. The fourth-order valence-corrected chi connectivity index (χ4v) is 6.08. The van der Waals surface area contributed by atoms with Crippen LogP contribution >= 0.6 is 0 Å². The zero-order valence-electron chi connectivity index (χ0n) is 12.5. The van der Waals surface area contributed by atoms with Crippen molar-refractivity contribution in [2.24, 2.45) is 11.8 Å². The molecule has 21 heavy (non-hydrogen) atoms. The molecule has 2 bridgehead atoms. The zero-order chi connectivity index (χ0) is 14.2. The topological polar surface area (TPSA) is 38.7 Å². The number of rotatable bonds is 1. The molecule has 1 aromatic carbocycles. The van der Waals surface area contributed by atoms with E-state index in [2.05, 4.69) is 6.07 Å². The molecule has 1 N–H and O–H groups in total. The zero-order valence-corrected chi connectivity index (χ0v) is 12.5. The van der Waals surface area contributed by atoms with Gasteiger partial charge in [-0.1, -0.05) is 12.5 Å². The van der Waals surface area contributed by atoms with Crippen LogP contribution in [-0.4, -0.2) is 24.4 Å². The van der Waals surface area contributed by atoms with Gasteiger partial charge < -0.3 is 14.6 Å². The van der Waals surface area contributed by atoms with Crippen LogP contribution in [0.2, 0.25) is 0 Å². The Bertz CT molecular complexity index is 611. The summed E-state index contributed by atoms with van der Waals surface area (Å²) in [5, 5.41) is 10.3. The number of phenols is 1. The first-order chi connectivity index (χ1) is 10.3. The molecule has 1 spiro atoms. The molecule has 0 unspecified atom stereocenters. The molecule has 1 heterocycles. The van der Waals surface area contributed by atoms with Crippen molar-refractivity contribution in [1.29, 1.82) is 0 Å². The number of ether oxygens (including phenoxy) is 2. The Morgan fingerprint density at radius 2 is 2.19 bits per heavy atom. The van der Waals surface area contributed by atoms with Gasteiger partial charge in [-0.15, -0.1) is 0 Å². The molecule has 0 amide bonds. The van der Waals surface area contributed by atoms with E-state index < -0.39 is 0 Å². The summed E-state index contributed by atoms with van der Waals surface area (Å²) < 4.78 is 12.1. The highest BCUT2D eigenvalue weighted by atomic mass is 16.5. The van der Waals surface area contributed by atoms with E-state index in [4.69, 9.17) is 9.47 Å². The first-order valence-electron chi connectivity index (χ1n) is 8.30. The van der Waals surface area contributed by atoms with Crippen molar-refractivity contribution in [2.75, 3.05) is 7.11 Å². The number of aromatic hydroxyl groups is 1. The van der Waals surface area contributed by atoms with Gasteiger partial charge in [0.25, 0.3) is 0 Å². The van der Waals surface area contributed by atoms with Gasteiger partial charge in [-0.3, -0.25) is 0 Å². The van der Waals surface area contributed by atoms with Crippen molar-refractivity contribution in [3.63, 3.8) is 0 Å². The van der Waals surface area contributed by atoms with E-state index in [0.717, 1.165) is 24.0 Å². The minimum atomic E-state index is 0.103. The predicted octanol–water partition coefficient (Wildman–Crippen LogP) is 3.17. The van der Waals surface area contributed by atoms with E-state index in [1.165, 1.54) is 43.2 Å². The van der Waals surface area contributed by atoms with Gasteiger partial charge in [-0.05, 0) is 55.6 Å². The molecule has 0 radical (unpaired) electrons. The standard InChI is InChI=1S/C18H22O3/c1-20-14-7-5-12-10-3-2-8-18(12)15-11(9-10)4-6-13(19)16(15)21-17(14)18/h4,6,10,12,14,17,19H,2-3,5,7-9H2,1H3/t10-,12+,14-,17+,18+/m1/s1. The van der Waals surface area contributed by atoms with Gasteiger partial charge in [0.2, 0.25) is 0 Å². The van der Waals surface area contributed by atoms with Crippen molar-refractivity contribution in [1.82, 2.24) is 0 Å². The van der Waals surface area contributed by atoms with E-state index in [-0.39, 0.29) is 17.6 Å². The average Bonchev–Trinajstić information content (AvgIpc) is 2.83. The Morgan fingerprint density at radius 3 is 3.05 bits per heavy atom. The molecular weight excluding hydrogens is 264 g/mol. The van der Waals surface area contributed by atoms with Gasteiger partial charge in [0.05, 0.1) is 6.10 Å². The number of phenolic OH excluding ortho intramolecular Hbond substituents is 1. The van der Waals surface area contributed by atoms with Gasteiger partial charge in [0.1, 0.15) is 6.10 Å². The van der Waals surface area contributed by atoms with Gasteiger partial charge in [-0.25, -0.2) is 0 Å². The first-order valence-corrected chi connectivity index (χ1v) is 8.30. The minimum absolute atomic E-state index is 0.103. The van der Waals surface area contributed by atoms with Crippen LogP contribution in [0.4, 0.5) is 0 Å². The number of hydrogen-bond donors (Lipinski definition) is 1. The number of methoxy groups -OCH3 is 1. The lowest BCUT2D eigenvalue weighted by Crippen LogP contribution is -2.60. The van der Waals surface area contributed by atoms with Crippen LogP contribution in [0.15, 0.2) is 12.1 Å².